The molecule has 0 spiro atoms. The molecule has 3 rings (SSSR count). The molecule has 1 aliphatic rings. The van der Waals surface area contributed by atoms with Gasteiger partial charge in [0, 0.05) is 31.1 Å². The maximum atomic E-state index is 12.1. The van der Waals surface area contributed by atoms with E-state index in [0.29, 0.717) is 25.5 Å². The van der Waals surface area contributed by atoms with Crippen LogP contribution in [0.2, 0.25) is 0 Å². The van der Waals surface area contributed by atoms with E-state index in [-0.39, 0.29) is 17.8 Å². The summed E-state index contributed by atoms with van der Waals surface area (Å²) in [6, 6.07) is 1.90. The first kappa shape index (κ1) is 16.8. The molecular formula is C16H23N5O3. The van der Waals surface area contributed by atoms with Crippen LogP contribution in [0.4, 0.5) is 0 Å². The lowest BCUT2D eigenvalue weighted by atomic mass is 10.2. The number of carbonyl (C=O) groups excluding carboxylic acids is 1. The molecule has 1 N–H and O–H groups in total. The molecule has 1 fully saturated rings. The van der Waals surface area contributed by atoms with Crippen LogP contribution in [-0.4, -0.2) is 58.0 Å². The highest BCUT2D eigenvalue weighted by atomic mass is 16.5. The summed E-state index contributed by atoms with van der Waals surface area (Å²) in [6.45, 7) is 6.38. The Balaban J connectivity index is 1.42. The number of aryl methyl sites for hydroxylation is 2. The van der Waals surface area contributed by atoms with Gasteiger partial charge < -0.3 is 14.8 Å². The van der Waals surface area contributed by atoms with E-state index >= 15 is 0 Å². The van der Waals surface area contributed by atoms with Crippen molar-refractivity contribution in [3.05, 3.63) is 23.3 Å². The van der Waals surface area contributed by atoms with Crippen molar-refractivity contribution in [2.75, 3.05) is 26.4 Å². The van der Waals surface area contributed by atoms with E-state index in [2.05, 4.69) is 20.4 Å². The van der Waals surface area contributed by atoms with Crippen LogP contribution in [-0.2, 0) is 9.47 Å². The molecule has 1 amide bonds. The maximum Gasteiger partial charge on any atom is 0.291 e. The fraction of sp³-hybridized carbons (Fsp3) is 0.625. The Kier molecular flexibility index (Phi) is 5.37. The van der Waals surface area contributed by atoms with Gasteiger partial charge in [0.05, 0.1) is 12.7 Å². The molecule has 1 aliphatic heterocycles. The number of hydrogen-bond donors (Lipinski definition) is 1. The lowest BCUT2D eigenvalue weighted by molar-refractivity contribution is 0.0166. The molecular weight excluding hydrogens is 310 g/mol. The van der Waals surface area contributed by atoms with Crippen molar-refractivity contribution in [1.29, 1.82) is 0 Å². The molecule has 0 aromatic carbocycles. The Morgan fingerprint density at radius 1 is 1.46 bits per heavy atom. The van der Waals surface area contributed by atoms with Crippen molar-refractivity contribution >= 4 is 11.7 Å². The number of nitrogens with one attached hydrogen (secondary N) is 1. The quantitative estimate of drug-likeness (QED) is 0.762. The van der Waals surface area contributed by atoms with Gasteiger partial charge in [0.25, 0.3) is 11.7 Å². The third-order valence-corrected chi connectivity index (χ3v) is 3.90. The number of ether oxygens (including phenoxy) is 2. The summed E-state index contributed by atoms with van der Waals surface area (Å²) in [5.74, 6) is 0.283. The van der Waals surface area contributed by atoms with Crippen LogP contribution < -0.4 is 5.32 Å². The van der Waals surface area contributed by atoms with E-state index in [0.717, 1.165) is 37.3 Å². The number of nitrogens with zero attached hydrogens (tertiary/aromatic N) is 4. The van der Waals surface area contributed by atoms with Gasteiger partial charge in [-0.3, -0.25) is 4.79 Å². The van der Waals surface area contributed by atoms with Crippen molar-refractivity contribution in [2.24, 2.45) is 0 Å². The first-order valence-electron chi connectivity index (χ1n) is 8.32. The van der Waals surface area contributed by atoms with E-state index in [4.69, 9.17) is 9.47 Å². The van der Waals surface area contributed by atoms with Crippen molar-refractivity contribution in [2.45, 2.75) is 39.2 Å². The molecule has 8 heteroatoms. The van der Waals surface area contributed by atoms with Gasteiger partial charge in [-0.2, -0.15) is 4.98 Å². The predicted octanol–water partition coefficient (Wildman–Crippen LogP) is 1.06. The Bertz CT molecular complexity index is 709. The lowest BCUT2D eigenvalue weighted by Gasteiger charge is -2.09. The molecule has 0 radical (unpaired) electrons. The van der Waals surface area contributed by atoms with Crippen molar-refractivity contribution in [3.63, 3.8) is 0 Å². The van der Waals surface area contributed by atoms with E-state index in [9.17, 15) is 4.79 Å². The smallest absolute Gasteiger partial charge is 0.291 e. The summed E-state index contributed by atoms with van der Waals surface area (Å²) in [5.41, 5.74) is 1.74. The average molecular weight is 333 g/mol. The van der Waals surface area contributed by atoms with Gasteiger partial charge in [-0.1, -0.05) is 0 Å². The Morgan fingerprint density at radius 2 is 2.33 bits per heavy atom. The largest absolute Gasteiger partial charge is 0.379 e. The fourth-order valence-electron chi connectivity index (χ4n) is 2.71. The van der Waals surface area contributed by atoms with E-state index in [1.54, 1.807) is 4.52 Å². The van der Waals surface area contributed by atoms with Crippen LogP contribution in [0, 0.1) is 13.8 Å². The minimum absolute atomic E-state index is 0.136. The molecule has 130 valence electrons. The summed E-state index contributed by atoms with van der Waals surface area (Å²) in [5, 5.41) is 7.01. The highest BCUT2D eigenvalue weighted by Gasteiger charge is 2.16. The summed E-state index contributed by atoms with van der Waals surface area (Å²) < 4.78 is 12.6. The van der Waals surface area contributed by atoms with Gasteiger partial charge in [-0.05, 0) is 39.2 Å². The number of amides is 1. The van der Waals surface area contributed by atoms with Crippen molar-refractivity contribution in [1.82, 2.24) is 24.9 Å². The van der Waals surface area contributed by atoms with Gasteiger partial charge in [0.2, 0.25) is 5.82 Å². The highest BCUT2D eigenvalue weighted by Crippen LogP contribution is 2.11. The zero-order valence-electron chi connectivity index (χ0n) is 14.1. The third kappa shape index (κ3) is 4.07. The van der Waals surface area contributed by atoms with Crippen LogP contribution in [0.15, 0.2) is 6.07 Å². The van der Waals surface area contributed by atoms with Gasteiger partial charge in [-0.15, -0.1) is 5.10 Å². The third-order valence-electron chi connectivity index (χ3n) is 3.90. The summed E-state index contributed by atoms with van der Waals surface area (Å²) in [4.78, 5) is 20.6. The second-order valence-corrected chi connectivity index (χ2v) is 6.01. The number of hydrogen-bond acceptors (Lipinski definition) is 6. The molecule has 1 unspecified atom stereocenters. The Morgan fingerprint density at radius 3 is 3.12 bits per heavy atom. The zero-order valence-corrected chi connectivity index (χ0v) is 14.1. The number of fused-ring (bicyclic) bond motifs is 1. The molecule has 3 heterocycles. The topological polar surface area (TPSA) is 90.6 Å². The molecule has 0 saturated carbocycles. The molecule has 1 atom stereocenters. The SMILES string of the molecule is Cc1cc(C)n2nc(C(=O)NCCCOCC3CCCO3)nc2n1. The first-order valence-corrected chi connectivity index (χ1v) is 8.32. The van der Waals surface area contributed by atoms with Gasteiger partial charge in [-0.25, -0.2) is 9.50 Å². The monoisotopic (exact) mass is 333 g/mol. The van der Waals surface area contributed by atoms with Gasteiger partial charge in [0.15, 0.2) is 0 Å². The summed E-state index contributed by atoms with van der Waals surface area (Å²) in [7, 11) is 0. The van der Waals surface area contributed by atoms with Crippen molar-refractivity contribution < 1.29 is 14.3 Å². The second kappa shape index (κ2) is 7.67. The number of aromatic nitrogens is 4. The average Bonchev–Trinajstić information content (AvgIpc) is 3.19. The molecule has 0 aliphatic carbocycles. The molecule has 8 nitrogen and oxygen atoms in total. The molecule has 1 saturated heterocycles. The molecule has 24 heavy (non-hydrogen) atoms. The lowest BCUT2D eigenvalue weighted by Crippen LogP contribution is -2.26. The Labute approximate surface area is 140 Å². The fourth-order valence-corrected chi connectivity index (χ4v) is 2.71. The van der Waals surface area contributed by atoms with Crippen LogP contribution in [0.25, 0.3) is 5.78 Å². The maximum absolute atomic E-state index is 12.1. The highest BCUT2D eigenvalue weighted by molar-refractivity contribution is 5.90. The van der Waals surface area contributed by atoms with E-state index in [1.165, 1.54) is 0 Å². The standard InChI is InChI=1S/C16H23N5O3/c1-11-9-12(2)21-16(18-11)19-14(20-21)15(22)17-6-4-7-23-10-13-5-3-8-24-13/h9,13H,3-8,10H2,1-2H3,(H,17,22). The zero-order chi connectivity index (χ0) is 16.9. The van der Waals surface area contributed by atoms with Crippen LogP contribution in [0.1, 0.15) is 41.3 Å². The normalized spacial score (nSPS) is 17.5. The summed E-state index contributed by atoms with van der Waals surface area (Å²) in [6.07, 6.45) is 3.16. The van der Waals surface area contributed by atoms with Crippen LogP contribution >= 0.6 is 0 Å². The summed E-state index contributed by atoms with van der Waals surface area (Å²) >= 11 is 0. The number of rotatable bonds is 7. The van der Waals surface area contributed by atoms with E-state index in [1.807, 2.05) is 19.9 Å². The number of carbonyl (C=O) groups is 1. The van der Waals surface area contributed by atoms with Crippen LogP contribution in [0.5, 0.6) is 0 Å². The van der Waals surface area contributed by atoms with Crippen LogP contribution in [0.3, 0.4) is 0 Å². The van der Waals surface area contributed by atoms with E-state index < -0.39 is 0 Å². The van der Waals surface area contributed by atoms with Gasteiger partial charge in [0.1, 0.15) is 0 Å². The molecule has 2 aromatic heterocycles. The molecule has 0 bridgehead atoms. The van der Waals surface area contributed by atoms with Crippen molar-refractivity contribution in [3.8, 4) is 0 Å². The predicted molar refractivity (Wildman–Crippen MR) is 87.0 cm³/mol. The first-order chi connectivity index (χ1) is 11.6. The molecule has 2 aromatic rings. The Hall–Kier alpha value is -2.06. The second-order valence-electron chi connectivity index (χ2n) is 6.01. The minimum atomic E-state index is -0.295. The van der Waals surface area contributed by atoms with Gasteiger partial charge >= 0.3 is 0 Å². The minimum Gasteiger partial charge on any atom is -0.379 e.